The monoisotopic (exact) mass is 288 g/mol. The van der Waals surface area contributed by atoms with E-state index in [0.29, 0.717) is 5.56 Å². The van der Waals surface area contributed by atoms with Gasteiger partial charge in [0.15, 0.2) is 0 Å². The van der Waals surface area contributed by atoms with Crippen LogP contribution in [0.1, 0.15) is 22.8 Å². The SMILES string of the molecule is CCOC(=O)C(=O)c1cc(C)cc(Br)c1F. The van der Waals surface area contributed by atoms with Crippen LogP contribution in [0.3, 0.4) is 0 Å². The molecule has 3 nitrogen and oxygen atoms in total. The summed E-state index contributed by atoms with van der Waals surface area (Å²) < 4.78 is 18.2. The van der Waals surface area contributed by atoms with E-state index in [1.54, 1.807) is 13.8 Å². The van der Waals surface area contributed by atoms with Crippen molar-refractivity contribution >= 4 is 27.7 Å². The fourth-order valence-electron chi connectivity index (χ4n) is 1.20. The third kappa shape index (κ3) is 2.66. The van der Waals surface area contributed by atoms with Crippen molar-refractivity contribution in [3.05, 3.63) is 33.5 Å². The average molecular weight is 289 g/mol. The fraction of sp³-hybridized carbons (Fsp3) is 0.273. The number of Topliss-reactive ketones (excluding diaryl/α,β-unsaturated/α-hetero) is 1. The predicted molar refractivity (Wildman–Crippen MR) is 59.8 cm³/mol. The number of ether oxygens (including phenoxy) is 1. The molecular formula is C11H10BrFO3. The second-order valence-corrected chi connectivity index (χ2v) is 4.01. The quantitative estimate of drug-likeness (QED) is 0.488. The van der Waals surface area contributed by atoms with Gasteiger partial charge in [0.25, 0.3) is 5.78 Å². The van der Waals surface area contributed by atoms with Crippen LogP contribution in [-0.4, -0.2) is 18.4 Å². The standard InChI is InChI=1S/C11H10BrFO3/c1-3-16-11(15)10(14)7-4-6(2)5-8(12)9(7)13/h4-5H,3H2,1-2H3. The van der Waals surface area contributed by atoms with Gasteiger partial charge in [-0.3, -0.25) is 4.79 Å². The van der Waals surface area contributed by atoms with Crippen LogP contribution in [0.15, 0.2) is 16.6 Å². The first-order valence-corrected chi connectivity index (χ1v) is 5.43. The second kappa shape index (κ2) is 5.21. The largest absolute Gasteiger partial charge is 0.460 e. The highest BCUT2D eigenvalue weighted by atomic mass is 79.9. The molecule has 0 saturated carbocycles. The summed E-state index contributed by atoms with van der Waals surface area (Å²) in [5.74, 6) is -2.76. The van der Waals surface area contributed by atoms with E-state index in [2.05, 4.69) is 20.7 Å². The van der Waals surface area contributed by atoms with Gasteiger partial charge in [-0.2, -0.15) is 0 Å². The summed E-state index contributed by atoms with van der Waals surface area (Å²) in [5.41, 5.74) is 0.409. The average Bonchev–Trinajstić information content (AvgIpc) is 2.22. The molecule has 0 unspecified atom stereocenters. The van der Waals surface area contributed by atoms with Crippen molar-refractivity contribution in [3.8, 4) is 0 Å². The highest BCUT2D eigenvalue weighted by Crippen LogP contribution is 2.21. The van der Waals surface area contributed by atoms with E-state index in [1.807, 2.05) is 0 Å². The van der Waals surface area contributed by atoms with Gasteiger partial charge in [-0.05, 0) is 47.5 Å². The maximum absolute atomic E-state index is 13.6. The van der Waals surface area contributed by atoms with E-state index in [9.17, 15) is 14.0 Å². The lowest BCUT2D eigenvalue weighted by atomic mass is 10.1. The smallest absolute Gasteiger partial charge is 0.379 e. The lowest BCUT2D eigenvalue weighted by molar-refractivity contribution is -0.137. The Morgan fingerprint density at radius 2 is 2.06 bits per heavy atom. The van der Waals surface area contributed by atoms with Gasteiger partial charge in [0.1, 0.15) is 5.82 Å². The summed E-state index contributed by atoms with van der Waals surface area (Å²) in [6.07, 6.45) is 0. The number of rotatable bonds is 3. The first-order chi connectivity index (χ1) is 7.47. The van der Waals surface area contributed by atoms with E-state index >= 15 is 0 Å². The third-order valence-electron chi connectivity index (χ3n) is 1.88. The molecule has 0 amide bonds. The van der Waals surface area contributed by atoms with Crippen LogP contribution in [0, 0.1) is 12.7 Å². The minimum Gasteiger partial charge on any atom is -0.460 e. The summed E-state index contributed by atoms with van der Waals surface area (Å²) >= 11 is 2.97. The Bertz CT molecular complexity index is 443. The maximum Gasteiger partial charge on any atom is 0.379 e. The number of carbonyl (C=O) groups is 2. The zero-order valence-electron chi connectivity index (χ0n) is 8.84. The minimum atomic E-state index is -1.04. The van der Waals surface area contributed by atoms with Gasteiger partial charge in [0.2, 0.25) is 0 Å². The molecule has 0 bridgehead atoms. The van der Waals surface area contributed by atoms with Crippen molar-refractivity contribution in [1.82, 2.24) is 0 Å². The molecule has 0 radical (unpaired) electrons. The van der Waals surface area contributed by atoms with Gasteiger partial charge in [0, 0.05) is 0 Å². The molecule has 0 aliphatic rings. The molecule has 86 valence electrons. The molecule has 0 spiro atoms. The Balaban J connectivity index is 3.13. The van der Waals surface area contributed by atoms with Crippen LogP contribution in [0.25, 0.3) is 0 Å². The van der Waals surface area contributed by atoms with Crippen molar-refractivity contribution in [2.24, 2.45) is 0 Å². The lowest BCUT2D eigenvalue weighted by Crippen LogP contribution is -2.19. The van der Waals surface area contributed by atoms with E-state index < -0.39 is 17.6 Å². The van der Waals surface area contributed by atoms with Gasteiger partial charge >= 0.3 is 5.97 Å². The first kappa shape index (κ1) is 12.8. The van der Waals surface area contributed by atoms with E-state index in [0.717, 1.165) is 0 Å². The number of benzene rings is 1. The summed E-state index contributed by atoms with van der Waals surface area (Å²) in [7, 11) is 0. The molecule has 1 rings (SSSR count). The Kier molecular flexibility index (Phi) is 4.18. The number of halogens is 2. The van der Waals surface area contributed by atoms with Crippen molar-refractivity contribution < 1.29 is 18.7 Å². The molecule has 16 heavy (non-hydrogen) atoms. The molecule has 1 aromatic rings. The Labute approximate surface area is 101 Å². The summed E-state index contributed by atoms with van der Waals surface area (Å²) in [5, 5.41) is 0. The molecule has 0 N–H and O–H groups in total. The number of esters is 1. The molecular weight excluding hydrogens is 279 g/mol. The molecule has 0 saturated heterocycles. The van der Waals surface area contributed by atoms with Crippen LogP contribution in [-0.2, 0) is 9.53 Å². The molecule has 0 heterocycles. The van der Waals surface area contributed by atoms with Gasteiger partial charge in [-0.25, -0.2) is 9.18 Å². The third-order valence-corrected chi connectivity index (χ3v) is 2.46. The van der Waals surface area contributed by atoms with Crippen molar-refractivity contribution in [2.75, 3.05) is 6.61 Å². The predicted octanol–water partition coefficient (Wildman–Crippen LogP) is 2.64. The van der Waals surface area contributed by atoms with Crippen LogP contribution >= 0.6 is 15.9 Å². The van der Waals surface area contributed by atoms with Gasteiger partial charge in [0.05, 0.1) is 16.6 Å². The Hall–Kier alpha value is -1.23. The summed E-state index contributed by atoms with van der Waals surface area (Å²) in [4.78, 5) is 22.7. The fourth-order valence-corrected chi connectivity index (χ4v) is 1.77. The van der Waals surface area contributed by atoms with Crippen LogP contribution in [0.5, 0.6) is 0 Å². The van der Waals surface area contributed by atoms with Crippen LogP contribution in [0.2, 0.25) is 0 Å². The van der Waals surface area contributed by atoms with Crippen molar-refractivity contribution in [2.45, 2.75) is 13.8 Å². The number of hydrogen-bond donors (Lipinski definition) is 0. The molecule has 5 heteroatoms. The Morgan fingerprint density at radius 3 is 2.62 bits per heavy atom. The summed E-state index contributed by atoms with van der Waals surface area (Å²) in [6, 6.07) is 2.84. The molecule has 0 aliphatic heterocycles. The number of carbonyl (C=O) groups excluding carboxylic acids is 2. The number of hydrogen-bond acceptors (Lipinski definition) is 3. The number of aryl methyl sites for hydroxylation is 1. The van der Waals surface area contributed by atoms with E-state index in [1.165, 1.54) is 12.1 Å². The normalized spacial score (nSPS) is 10.0. The molecule has 0 aliphatic carbocycles. The van der Waals surface area contributed by atoms with Crippen molar-refractivity contribution in [3.63, 3.8) is 0 Å². The highest BCUT2D eigenvalue weighted by Gasteiger charge is 2.22. The molecule has 0 aromatic heterocycles. The van der Waals surface area contributed by atoms with Crippen LogP contribution < -0.4 is 0 Å². The van der Waals surface area contributed by atoms with Gasteiger partial charge in [-0.15, -0.1) is 0 Å². The number of ketones is 1. The maximum atomic E-state index is 13.6. The van der Waals surface area contributed by atoms with Gasteiger partial charge in [-0.1, -0.05) is 0 Å². The second-order valence-electron chi connectivity index (χ2n) is 3.16. The van der Waals surface area contributed by atoms with E-state index in [4.69, 9.17) is 0 Å². The zero-order chi connectivity index (χ0) is 12.3. The zero-order valence-corrected chi connectivity index (χ0v) is 10.4. The topological polar surface area (TPSA) is 43.4 Å². The first-order valence-electron chi connectivity index (χ1n) is 4.64. The lowest BCUT2D eigenvalue weighted by Gasteiger charge is -2.05. The highest BCUT2D eigenvalue weighted by molar-refractivity contribution is 9.10. The van der Waals surface area contributed by atoms with Crippen LogP contribution in [0.4, 0.5) is 4.39 Å². The molecule has 0 fully saturated rings. The molecule has 0 atom stereocenters. The van der Waals surface area contributed by atoms with Crippen molar-refractivity contribution in [1.29, 1.82) is 0 Å². The Morgan fingerprint density at radius 1 is 1.44 bits per heavy atom. The molecule has 1 aromatic carbocycles. The van der Waals surface area contributed by atoms with E-state index in [-0.39, 0.29) is 16.6 Å². The summed E-state index contributed by atoms with van der Waals surface area (Å²) in [6.45, 7) is 3.36. The van der Waals surface area contributed by atoms with Gasteiger partial charge < -0.3 is 4.74 Å². The minimum absolute atomic E-state index is 0.0825.